The molecule has 2 heterocycles. The summed E-state index contributed by atoms with van der Waals surface area (Å²) in [5.41, 5.74) is 7.80. The van der Waals surface area contributed by atoms with Gasteiger partial charge in [0.25, 0.3) is 5.91 Å². The van der Waals surface area contributed by atoms with Crippen LogP contribution in [0.4, 0.5) is 33.4 Å². The molecule has 4 amide bonds. The number of anilines is 5. The number of carbonyl (C=O) groups is 4. The molecule has 1 aliphatic rings. The minimum Gasteiger partial charge on any atom is -0.496 e. The molecular formula is C46H55N9O10S. The zero-order chi connectivity index (χ0) is 47.8. The number of aromatic nitrogens is 1. The van der Waals surface area contributed by atoms with E-state index in [9.17, 15) is 27.6 Å². The molecule has 1 saturated heterocycles. The number of fused-ring (bicyclic) bond motifs is 1. The van der Waals surface area contributed by atoms with Gasteiger partial charge in [-0.2, -0.15) is 0 Å². The van der Waals surface area contributed by atoms with Crippen LogP contribution in [0.25, 0.3) is 10.8 Å². The van der Waals surface area contributed by atoms with Crippen molar-refractivity contribution < 1.29 is 46.9 Å². The number of piperazine rings is 1. The molecule has 1 fully saturated rings. The normalized spacial score (nSPS) is 13.6. The number of rotatable bonds is 17. The highest BCUT2D eigenvalue weighted by Gasteiger charge is 2.26. The van der Waals surface area contributed by atoms with Gasteiger partial charge in [-0.05, 0) is 53.4 Å². The number of benzene rings is 4. The monoisotopic (exact) mass is 925 g/mol. The van der Waals surface area contributed by atoms with Crippen molar-refractivity contribution in [1.82, 2.24) is 20.1 Å². The molecule has 0 bridgehead atoms. The van der Waals surface area contributed by atoms with Crippen molar-refractivity contribution in [2.45, 2.75) is 38.6 Å². The molecule has 0 radical (unpaired) electrons. The Labute approximate surface area is 383 Å². The molecule has 1 atom stereocenters. The minimum absolute atomic E-state index is 0.152. The van der Waals surface area contributed by atoms with Crippen molar-refractivity contribution >= 4 is 73.2 Å². The van der Waals surface area contributed by atoms with Crippen molar-refractivity contribution in [2.75, 3.05) is 80.4 Å². The van der Waals surface area contributed by atoms with E-state index in [1.54, 1.807) is 65.7 Å². The van der Waals surface area contributed by atoms with Crippen LogP contribution in [0.1, 0.15) is 43.1 Å². The van der Waals surface area contributed by atoms with E-state index in [2.05, 4.69) is 35.9 Å². The van der Waals surface area contributed by atoms with Crippen molar-refractivity contribution in [3.63, 3.8) is 0 Å². The van der Waals surface area contributed by atoms with Gasteiger partial charge in [-0.1, -0.05) is 45.0 Å². The number of nitrogens with one attached hydrogen (secondary N) is 5. The van der Waals surface area contributed by atoms with E-state index >= 15 is 0 Å². The van der Waals surface area contributed by atoms with Gasteiger partial charge in [0.15, 0.2) is 5.75 Å². The van der Waals surface area contributed by atoms with E-state index in [0.29, 0.717) is 90.0 Å². The number of pyridine rings is 1. The largest absolute Gasteiger partial charge is 0.496 e. The average molecular weight is 926 g/mol. The third-order valence-corrected chi connectivity index (χ3v) is 11.3. The van der Waals surface area contributed by atoms with E-state index in [4.69, 9.17) is 25.1 Å². The summed E-state index contributed by atoms with van der Waals surface area (Å²) < 4.78 is 44.4. The van der Waals surface area contributed by atoms with Crippen LogP contribution in [-0.2, 0) is 25.0 Å². The van der Waals surface area contributed by atoms with E-state index in [0.717, 1.165) is 11.8 Å². The SMILES string of the molecule is COc1cc(Nc2cc(Oc3ccc(NC(=O)Nc4cc(C(C)(C)C)cc(NS(C)(=O)=O)c4OC)c4ccccc34)ccn2)ccc1C(=O)NCCN1CCN(C(=O)C[C@H](N)C(=O)O)CC1. The Kier molecular flexibility index (Phi) is 15.2. The Bertz CT molecular complexity index is 2720. The van der Waals surface area contributed by atoms with Gasteiger partial charge >= 0.3 is 12.0 Å². The average Bonchev–Trinajstić information content (AvgIpc) is 3.26. The van der Waals surface area contributed by atoms with Gasteiger partial charge in [0, 0.05) is 74.1 Å². The Morgan fingerprint density at radius 2 is 1.55 bits per heavy atom. The lowest BCUT2D eigenvalue weighted by molar-refractivity contribution is -0.143. The molecule has 0 aliphatic carbocycles. The highest BCUT2D eigenvalue weighted by atomic mass is 32.2. The standard InChI is InChI=1S/C46H55N9O10S/c1-46(2,3)28-23-36(42(64-5)37(24-28)53-66(6,61)62)52-45(60)51-35-13-14-38(32-10-8-7-9-31(32)35)65-30-15-16-48-40(26-30)50-29-11-12-33(39(25-29)63-4)43(57)49-17-18-54-19-21-55(22-20-54)41(56)27-34(47)44(58)59/h7-16,23-26,34,53H,17-22,27,47H2,1-6H3,(H,48,50)(H,49,57)(H,58,59)(H2,51,52,60)/t34-/m0/s1. The third-order valence-electron chi connectivity index (χ3n) is 10.7. The Morgan fingerprint density at radius 1 is 0.848 bits per heavy atom. The van der Waals surface area contributed by atoms with Crippen LogP contribution in [0.5, 0.6) is 23.0 Å². The number of nitrogens with two attached hydrogens (primary N) is 1. The number of hydrogen-bond donors (Lipinski definition) is 7. The molecular weight excluding hydrogens is 871 g/mol. The number of hydrogen-bond acceptors (Lipinski definition) is 13. The molecule has 5 aromatic rings. The fourth-order valence-electron chi connectivity index (χ4n) is 7.22. The second-order valence-electron chi connectivity index (χ2n) is 16.6. The maximum atomic E-state index is 13.5. The summed E-state index contributed by atoms with van der Waals surface area (Å²) in [6, 6.07) is 21.0. The number of amides is 4. The van der Waals surface area contributed by atoms with Gasteiger partial charge in [0.2, 0.25) is 15.9 Å². The van der Waals surface area contributed by atoms with Gasteiger partial charge in [-0.15, -0.1) is 0 Å². The van der Waals surface area contributed by atoms with Gasteiger partial charge < -0.3 is 51.2 Å². The fourth-order valence-corrected chi connectivity index (χ4v) is 7.77. The summed E-state index contributed by atoms with van der Waals surface area (Å²) in [6.45, 7) is 8.88. The molecule has 0 unspecified atom stereocenters. The number of aliphatic carboxylic acids is 1. The van der Waals surface area contributed by atoms with E-state index in [1.807, 2.05) is 45.0 Å². The molecule has 350 valence electrons. The Balaban J connectivity index is 1.08. The van der Waals surface area contributed by atoms with Crippen molar-refractivity contribution in [3.05, 3.63) is 96.2 Å². The number of carboxylic acid groups (broad SMARTS) is 1. The predicted molar refractivity (Wildman–Crippen MR) is 253 cm³/mol. The smallest absolute Gasteiger partial charge is 0.323 e. The second kappa shape index (κ2) is 20.8. The van der Waals surface area contributed by atoms with E-state index in [-0.39, 0.29) is 40.8 Å². The molecule has 19 nitrogen and oxygen atoms in total. The quantitative estimate of drug-likeness (QED) is 0.0584. The van der Waals surface area contributed by atoms with Crippen LogP contribution >= 0.6 is 0 Å². The number of nitrogens with zero attached hydrogens (tertiary/aromatic N) is 3. The van der Waals surface area contributed by atoms with Gasteiger partial charge in [0.1, 0.15) is 29.1 Å². The number of methoxy groups -OCH3 is 2. The van der Waals surface area contributed by atoms with Crippen LogP contribution in [0.3, 0.4) is 0 Å². The first kappa shape index (κ1) is 48.3. The fraction of sp³-hybridized carbons (Fsp3) is 0.326. The third kappa shape index (κ3) is 12.5. The first-order chi connectivity index (χ1) is 31.3. The summed E-state index contributed by atoms with van der Waals surface area (Å²) in [4.78, 5) is 58.3. The van der Waals surface area contributed by atoms with Crippen LogP contribution < -0.4 is 45.9 Å². The van der Waals surface area contributed by atoms with E-state index in [1.165, 1.54) is 14.2 Å². The minimum atomic E-state index is -3.66. The van der Waals surface area contributed by atoms with Gasteiger partial charge in [-0.3, -0.25) is 24.0 Å². The van der Waals surface area contributed by atoms with Crippen LogP contribution in [0, 0.1) is 0 Å². The molecule has 6 rings (SSSR count). The number of carboxylic acids is 1. The van der Waals surface area contributed by atoms with Gasteiger partial charge in [-0.25, -0.2) is 18.2 Å². The zero-order valence-corrected chi connectivity index (χ0v) is 38.4. The summed E-state index contributed by atoms with van der Waals surface area (Å²) >= 11 is 0. The topological polar surface area (TPSA) is 256 Å². The molecule has 8 N–H and O–H groups in total. The van der Waals surface area contributed by atoms with Crippen molar-refractivity contribution in [2.24, 2.45) is 5.73 Å². The number of carbonyl (C=O) groups excluding carboxylic acids is 3. The highest BCUT2D eigenvalue weighted by molar-refractivity contribution is 7.92. The van der Waals surface area contributed by atoms with Crippen LogP contribution in [-0.4, -0.2) is 118 Å². The Hall–Kier alpha value is -7.16. The van der Waals surface area contributed by atoms with E-state index < -0.39 is 28.1 Å². The lowest BCUT2D eigenvalue weighted by Crippen LogP contribution is -2.51. The number of ether oxygens (including phenoxy) is 3. The van der Waals surface area contributed by atoms with Crippen molar-refractivity contribution in [1.29, 1.82) is 0 Å². The first-order valence-corrected chi connectivity index (χ1v) is 22.9. The summed E-state index contributed by atoms with van der Waals surface area (Å²) in [7, 11) is -0.793. The summed E-state index contributed by atoms with van der Waals surface area (Å²) in [6.07, 6.45) is 2.38. The van der Waals surface area contributed by atoms with Crippen LogP contribution in [0.2, 0.25) is 0 Å². The van der Waals surface area contributed by atoms with Crippen molar-refractivity contribution in [3.8, 4) is 23.0 Å². The highest BCUT2D eigenvalue weighted by Crippen LogP contribution is 2.40. The van der Waals surface area contributed by atoms with Crippen LogP contribution in [0.15, 0.2) is 85.1 Å². The number of sulfonamides is 1. The Morgan fingerprint density at radius 3 is 2.21 bits per heavy atom. The van der Waals surface area contributed by atoms with Gasteiger partial charge in [0.05, 0.1) is 49.5 Å². The summed E-state index contributed by atoms with van der Waals surface area (Å²) in [5.74, 6) is 0.117. The molecule has 0 spiro atoms. The maximum absolute atomic E-state index is 13.5. The molecule has 0 saturated carbocycles. The molecule has 4 aromatic carbocycles. The zero-order valence-electron chi connectivity index (χ0n) is 37.6. The summed E-state index contributed by atoms with van der Waals surface area (Å²) in [5, 5.41) is 22.3. The molecule has 1 aromatic heterocycles. The molecule has 1 aliphatic heterocycles. The second-order valence-corrected chi connectivity index (χ2v) is 18.4. The number of urea groups is 1. The molecule has 66 heavy (non-hydrogen) atoms. The molecule has 20 heteroatoms. The lowest BCUT2D eigenvalue weighted by Gasteiger charge is -2.35. The predicted octanol–water partition coefficient (Wildman–Crippen LogP) is 5.78. The lowest BCUT2D eigenvalue weighted by atomic mass is 9.86. The first-order valence-electron chi connectivity index (χ1n) is 21.0. The maximum Gasteiger partial charge on any atom is 0.323 e.